The number of hydrogen-bond donors (Lipinski definition) is 0. The van der Waals surface area contributed by atoms with Gasteiger partial charge in [-0.15, -0.1) is 0 Å². The number of ketones is 1. The molecule has 1 aromatic rings. The molecule has 1 fully saturated rings. The Morgan fingerprint density at radius 1 is 1.29 bits per heavy atom. The Morgan fingerprint density at radius 3 is 2.58 bits per heavy atom. The summed E-state index contributed by atoms with van der Waals surface area (Å²) in [6, 6.07) is 0. The number of carbonyl (C=O) groups excluding carboxylic acids is 1. The van der Waals surface area contributed by atoms with Crippen molar-refractivity contribution in [3.63, 3.8) is 0 Å². The summed E-state index contributed by atoms with van der Waals surface area (Å²) in [4.78, 5) is 25.8. The SMILES string of the molecule is CCn1c(C2CCN(CCCC(C)=O)CC2)nn(CCOC)c1=O. The number of piperidine rings is 1. The first-order chi connectivity index (χ1) is 11.6. The van der Waals surface area contributed by atoms with Crippen LogP contribution >= 0.6 is 0 Å². The van der Waals surface area contributed by atoms with Gasteiger partial charge in [0.05, 0.1) is 13.2 Å². The zero-order valence-corrected chi connectivity index (χ0v) is 15.2. The number of methoxy groups -OCH3 is 1. The minimum absolute atomic E-state index is 0.0339. The van der Waals surface area contributed by atoms with Crippen LogP contribution in [0.5, 0.6) is 0 Å². The second kappa shape index (κ2) is 9.13. The topological polar surface area (TPSA) is 69.4 Å². The molecule has 0 saturated carbocycles. The molecule has 24 heavy (non-hydrogen) atoms. The van der Waals surface area contributed by atoms with Gasteiger partial charge in [-0.25, -0.2) is 9.48 Å². The molecular weight excluding hydrogens is 308 g/mol. The molecule has 0 atom stereocenters. The van der Waals surface area contributed by atoms with Crippen LogP contribution in [0.15, 0.2) is 4.79 Å². The van der Waals surface area contributed by atoms with E-state index in [2.05, 4.69) is 10.00 Å². The maximum absolute atomic E-state index is 12.4. The lowest BCUT2D eigenvalue weighted by atomic mass is 9.95. The van der Waals surface area contributed by atoms with Crippen molar-refractivity contribution in [3.8, 4) is 0 Å². The first-order valence-corrected chi connectivity index (χ1v) is 8.95. The number of carbonyl (C=O) groups is 1. The van der Waals surface area contributed by atoms with Gasteiger partial charge in [-0.05, 0) is 52.7 Å². The number of likely N-dealkylation sites (tertiary alicyclic amines) is 1. The molecule has 2 rings (SSSR count). The van der Waals surface area contributed by atoms with Crippen LogP contribution in [0.4, 0.5) is 0 Å². The Morgan fingerprint density at radius 2 is 2.00 bits per heavy atom. The number of aromatic nitrogens is 3. The highest BCUT2D eigenvalue weighted by Gasteiger charge is 2.26. The highest BCUT2D eigenvalue weighted by atomic mass is 16.5. The fourth-order valence-corrected chi connectivity index (χ4v) is 3.35. The molecule has 136 valence electrons. The van der Waals surface area contributed by atoms with E-state index < -0.39 is 0 Å². The van der Waals surface area contributed by atoms with Crippen molar-refractivity contribution >= 4 is 5.78 Å². The fourth-order valence-electron chi connectivity index (χ4n) is 3.35. The van der Waals surface area contributed by atoms with Gasteiger partial charge in [-0.3, -0.25) is 4.57 Å². The summed E-state index contributed by atoms with van der Waals surface area (Å²) in [6.07, 6.45) is 3.63. The molecule has 0 amide bonds. The highest BCUT2D eigenvalue weighted by Crippen LogP contribution is 2.26. The molecule has 0 radical (unpaired) electrons. The van der Waals surface area contributed by atoms with Gasteiger partial charge < -0.3 is 14.4 Å². The zero-order chi connectivity index (χ0) is 17.5. The lowest BCUT2D eigenvalue weighted by Gasteiger charge is -2.31. The molecule has 1 aliphatic heterocycles. The summed E-state index contributed by atoms with van der Waals surface area (Å²) >= 11 is 0. The van der Waals surface area contributed by atoms with E-state index in [0.29, 0.717) is 32.0 Å². The van der Waals surface area contributed by atoms with Crippen LogP contribution in [0.1, 0.15) is 51.3 Å². The molecule has 0 N–H and O–H groups in total. The van der Waals surface area contributed by atoms with E-state index in [9.17, 15) is 9.59 Å². The van der Waals surface area contributed by atoms with Crippen LogP contribution in [0.25, 0.3) is 0 Å². The average molecular weight is 338 g/mol. The lowest BCUT2D eigenvalue weighted by molar-refractivity contribution is -0.117. The molecular formula is C17H30N4O3. The number of Topliss-reactive ketones (excluding diaryl/α,β-unsaturated/α-hetero) is 1. The predicted molar refractivity (Wildman–Crippen MR) is 92.4 cm³/mol. The second-order valence-corrected chi connectivity index (χ2v) is 6.52. The van der Waals surface area contributed by atoms with E-state index in [1.165, 1.54) is 4.68 Å². The Bertz CT molecular complexity index is 585. The summed E-state index contributed by atoms with van der Waals surface area (Å²) in [5, 5.41) is 4.58. The van der Waals surface area contributed by atoms with E-state index in [1.54, 1.807) is 18.6 Å². The summed E-state index contributed by atoms with van der Waals surface area (Å²) < 4.78 is 8.38. The molecule has 1 aliphatic rings. The van der Waals surface area contributed by atoms with Crippen LogP contribution in [0.2, 0.25) is 0 Å². The van der Waals surface area contributed by atoms with Crippen molar-refractivity contribution in [2.45, 2.75) is 58.5 Å². The van der Waals surface area contributed by atoms with Gasteiger partial charge in [0, 0.05) is 26.0 Å². The maximum atomic E-state index is 12.4. The molecule has 0 aromatic carbocycles. The van der Waals surface area contributed by atoms with E-state index >= 15 is 0 Å². The zero-order valence-electron chi connectivity index (χ0n) is 15.2. The number of hydrogen-bond acceptors (Lipinski definition) is 5. The van der Waals surface area contributed by atoms with E-state index in [4.69, 9.17) is 4.74 Å². The molecule has 7 nitrogen and oxygen atoms in total. The smallest absolute Gasteiger partial charge is 0.345 e. The maximum Gasteiger partial charge on any atom is 0.345 e. The molecule has 0 aliphatic carbocycles. The summed E-state index contributed by atoms with van der Waals surface area (Å²) in [7, 11) is 1.63. The van der Waals surface area contributed by atoms with Crippen LogP contribution in [0, 0.1) is 0 Å². The molecule has 0 bridgehead atoms. The van der Waals surface area contributed by atoms with Crippen molar-refractivity contribution in [2.24, 2.45) is 0 Å². The number of ether oxygens (including phenoxy) is 1. The standard InChI is InChI=1S/C17H30N4O3/c1-4-20-16(18-21(17(20)23)12-13-24-3)15-7-10-19(11-8-15)9-5-6-14(2)22/h15H,4-13H2,1-3H3. The van der Waals surface area contributed by atoms with Gasteiger partial charge in [0.25, 0.3) is 0 Å². The number of rotatable bonds is 9. The Hall–Kier alpha value is -1.47. The molecule has 0 unspecified atom stereocenters. The van der Waals surface area contributed by atoms with Crippen molar-refractivity contribution in [1.29, 1.82) is 0 Å². The van der Waals surface area contributed by atoms with Crippen LogP contribution in [-0.2, 0) is 22.6 Å². The first-order valence-electron chi connectivity index (χ1n) is 8.95. The van der Waals surface area contributed by atoms with Gasteiger partial charge in [-0.2, -0.15) is 5.10 Å². The van der Waals surface area contributed by atoms with Gasteiger partial charge >= 0.3 is 5.69 Å². The Balaban J connectivity index is 1.95. The quantitative estimate of drug-likeness (QED) is 0.678. The minimum atomic E-state index is -0.0339. The van der Waals surface area contributed by atoms with Crippen molar-refractivity contribution < 1.29 is 9.53 Å². The highest BCUT2D eigenvalue weighted by molar-refractivity contribution is 5.75. The second-order valence-electron chi connectivity index (χ2n) is 6.52. The molecule has 0 spiro atoms. The first kappa shape index (κ1) is 18.9. The van der Waals surface area contributed by atoms with Gasteiger partial charge in [0.2, 0.25) is 0 Å². The Kier molecular flexibility index (Phi) is 7.17. The normalized spacial score (nSPS) is 16.6. The third kappa shape index (κ3) is 4.77. The summed E-state index contributed by atoms with van der Waals surface area (Å²) in [5.74, 6) is 1.52. The van der Waals surface area contributed by atoms with Crippen LogP contribution in [0.3, 0.4) is 0 Å². The predicted octanol–water partition coefficient (Wildman–Crippen LogP) is 1.26. The summed E-state index contributed by atoms with van der Waals surface area (Å²) in [5.41, 5.74) is -0.0339. The van der Waals surface area contributed by atoms with Gasteiger partial charge in [-0.1, -0.05) is 0 Å². The van der Waals surface area contributed by atoms with Crippen molar-refractivity contribution in [1.82, 2.24) is 19.2 Å². The van der Waals surface area contributed by atoms with Crippen molar-refractivity contribution in [2.75, 3.05) is 33.4 Å². The van der Waals surface area contributed by atoms with Gasteiger partial charge in [0.15, 0.2) is 0 Å². The van der Waals surface area contributed by atoms with E-state index in [1.807, 2.05) is 6.92 Å². The lowest BCUT2D eigenvalue weighted by Crippen LogP contribution is -2.35. The Labute approximate surface area is 143 Å². The minimum Gasteiger partial charge on any atom is -0.383 e. The van der Waals surface area contributed by atoms with Crippen molar-refractivity contribution in [3.05, 3.63) is 16.3 Å². The van der Waals surface area contributed by atoms with Crippen LogP contribution < -0.4 is 5.69 Å². The van der Waals surface area contributed by atoms with E-state index in [-0.39, 0.29) is 11.5 Å². The number of nitrogens with zero attached hydrogens (tertiary/aromatic N) is 4. The molecule has 2 heterocycles. The average Bonchev–Trinajstić information content (AvgIpc) is 2.89. The van der Waals surface area contributed by atoms with Gasteiger partial charge in [0.1, 0.15) is 11.6 Å². The molecule has 1 saturated heterocycles. The largest absolute Gasteiger partial charge is 0.383 e. The fraction of sp³-hybridized carbons (Fsp3) is 0.824. The summed E-state index contributed by atoms with van der Waals surface area (Å²) in [6.45, 7) is 8.28. The van der Waals surface area contributed by atoms with E-state index in [0.717, 1.165) is 44.7 Å². The molecule has 1 aromatic heterocycles. The van der Waals surface area contributed by atoms with Crippen LogP contribution in [-0.4, -0.2) is 58.4 Å². The molecule has 7 heteroatoms. The third-order valence-corrected chi connectivity index (χ3v) is 4.73. The third-order valence-electron chi connectivity index (χ3n) is 4.73. The monoisotopic (exact) mass is 338 g/mol.